The van der Waals surface area contributed by atoms with Gasteiger partial charge in [-0.1, -0.05) is 13.3 Å². The monoisotopic (exact) mass is 199 g/mol. The Morgan fingerprint density at radius 2 is 2.00 bits per heavy atom. The third-order valence-corrected chi connectivity index (χ3v) is 3.47. The first kappa shape index (κ1) is 12.0. The first-order valence-electron chi connectivity index (χ1n) is 5.77. The number of hydrogen-bond donors (Lipinski definition) is 0. The third kappa shape index (κ3) is 2.71. The second-order valence-electron chi connectivity index (χ2n) is 5.35. The lowest BCUT2D eigenvalue weighted by Gasteiger charge is -2.44. The Morgan fingerprint density at radius 3 is 2.43 bits per heavy atom. The van der Waals surface area contributed by atoms with Gasteiger partial charge in [-0.2, -0.15) is 0 Å². The van der Waals surface area contributed by atoms with Gasteiger partial charge in [-0.25, -0.2) is 0 Å². The van der Waals surface area contributed by atoms with Crippen LogP contribution in [0.3, 0.4) is 0 Å². The Hall–Kier alpha value is -0.0800. The van der Waals surface area contributed by atoms with Gasteiger partial charge in [0.25, 0.3) is 0 Å². The predicted molar refractivity (Wildman–Crippen MR) is 60.5 cm³/mol. The van der Waals surface area contributed by atoms with Crippen LogP contribution in [0.1, 0.15) is 40.5 Å². The average Bonchev–Trinajstić information content (AvgIpc) is 2.15. The second kappa shape index (κ2) is 4.63. The number of nitrogens with zero attached hydrogens (tertiary/aromatic N) is 1. The highest BCUT2D eigenvalue weighted by Gasteiger charge is 2.32. The topological polar surface area (TPSA) is 12.5 Å². The summed E-state index contributed by atoms with van der Waals surface area (Å²) in [6.45, 7) is 11.4. The smallest absolute Gasteiger partial charge is 0.0726 e. The lowest BCUT2D eigenvalue weighted by molar-refractivity contribution is -0.0397. The van der Waals surface area contributed by atoms with E-state index in [4.69, 9.17) is 4.74 Å². The quantitative estimate of drug-likeness (QED) is 0.677. The fourth-order valence-corrected chi connectivity index (χ4v) is 2.31. The van der Waals surface area contributed by atoms with Crippen molar-refractivity contribution in [2.24, 2.45) is 5.92 Å². The number of rotatable bonds is 2. The van der Waals surface area contributed by atoms with E-state index in [1.807, 2.05) is 7.11 Å². The van der Waals surface area contributed by atoms with Crippen LogP contribution in [0.15, 0.2) is 0 Å². The van der Waals surface area contributed by atoms with Crippen LogP contribution in [-0.4, -0.2) is 36.7 Å². The molecule has 1 fully saturated rings. The molecule has 1 heterocycles. The van der Waals surface area contributed by atoms with Gasteiger partial charge >= 0.3 is 0 Å². The molecular weight excluding hydrogens is 174 g/mol. The minimum Gasteiger partial charge on any atom is -0.380 e. The Balaban J connectivity index is 2.57. The normalized spacial score (nSPS) is 30.6. The van der Waals surface area contributed by atoms with E-state index in [-0.39, 0.29) is 5.54 Å². The van der Waals surface area contributed by atoms with Gasteiger partial charge in [0.1, 0.15) is 0 Å². The summed E-state index contributed by atoms with van der Waals surface area (Å²) < 4.78 is 5.58. The van der Waals surface area contributed by atoms with E-state index in [1.165, 1.54) is 19.4 Å². The van der Waals surface area contributed by atoms with Gasteiger partial charge in [-0.3, -0.25) is 4.90 Å². The standard InChI is InChI=1S/C12H25NO/c1-6-10-7-8-13(12(2,3)4)9-11(10)14-5/h10-11H,6-9H2,1-5H3. The molecule has 1 aliphatic rings. The molecule has 2 heteroatoms. The molecular formula is C12H25NO. The largest absolute Gasteiger partial charge is 0.380 e. The van der Waals surface area contributed by atoms with E-state index in [1.54, 1.807) is 0 Å². The van der Waals surface area contributed by atoms with Crippen LogP contribution in [0.25, 0.3) is 0 Å². The zero-order valence-electron chi connectivity index (χ0n) is 10.3. The molecule has 1 aliphatic heterocycles. The summed E-state index contributed by atoms with van der Waals surface area (Å²) in [5.41, 5.74) is 0.287. The fraction of sp³-hybridized carbons (Fsp3) is 1.00. The molecule has 0 saturated carbocycles. The van der Waals surface area contributed by atoms with Crippen LogP contribution in [0.5, 0.6) is 0 Å². The molecule has 0 aromatic heterocycles. The van der Waals surface area contributed by atoms with Crippen molar-refractivity contribution in [3.05, 3.63) is 0 Å². The highest BCUT2D eigenvalue weighted by Crippen LogP contribution is 2.27. The van der Waals surface area contributed by atoms with E-state index >= 15 is 0 Å². The molecule has 2 atom stereocenters. The van der Waals surface area contributed by atoms with Crippen molar-refractivity contribution in [3.63, 3.8) is 0 Å². The summed E-state index contributed by atoms with van der Waals surface area (Å²) in [6, 6.07) is 0. The van der Waals surface area contributed by atoms with Crippen LogP contribution >= 0.6 is 0 Å². The van der Waals surface area contributed by atoms with E-state index in [0.717, 1.165) is 12.5 Å². The predicted octanol–water partition coefficient (Wildman–Crippen LogP) is 2.53. The summed E-state index contributed by atoms with van der Waals surface area (Å²) in [5.74, 6) is 0.763. The highest BCUT2D eigenvalue weighted by atomic mass is 16.5. The molecule has 0 N–H and O–H groups in total. The molecule has 84 valence electrons. The van der Waals surface area contributed by atoms with Gasteiger partial charge in [0.2, 0.25) is 0 Å². The fourth-order valence-electron chi connectivity index (χ4n) is 2.31. The number of ether oxygens (including phenoxy) is 1. The van der Waals surface area contributed by atoms with Crippen molar-refractivity contribution in [1.82, 2.24) is 4.90 Å². The van der Waals surface area contributed by atoms with Crippen molar-refractivity contribution in [2.75, 3.05) is 20.2 Å². The van der Waals surface area contributed by atoms with Crippen molar-refractivity contribution >= 4 is 0 Å². The molecule has 14 heavy (non-hydrogen) atoms. The van der Waals surface area contributed by atoms with Gasteiger partial charge in [0, 0.05) is 19.2 Å². The number of hydrogen-bond acceptors (Lipinski definition) is 2. The zero-order valence-corrected chi connectivity index (χ0v) is 10.3. The van der Waals surface area contributed by atoms with Crippen molar-refractivity contribution in [1.29, 1.82) is 0 Å². The van der Waals surface area contributed by atoms with Gasteiger partial charge < -0.3 is 4.74 Å². The van der Waals surface area contributed by atoms with Crippen molar-refractivity contribution in [3.8, 4) is 0 Å². The van der Waals surface area contributed by atoms with Gasteiger partial charge in [-0.05, 0) is 39.7 Å². The van der Waals surface area contributed by atoms with Gasteiger partial charge in [0.05, 0.1) is 6.10 Å². The second-order valence-corrected chi connectivity index (χ2v) is 5.35. The van der Waals surface area contributed by atoms with Crippen LogP contribution in [0.2, 0.25) is 0 Å². The van der Waals surface area contributed by atoms with E-state index in [0.29, 0.717) is 6.10 Å². The van der Waals surface area contributed by atoms with Crippen LogP contribution in [-0.2, 0) is 4.74 Å². The summed E-state index contributed by atoms with van der Waals surface area (Å²) >= 11 is 0. The SMILES string of the molecule is CCC1CCN(C(C)(C)C)CC1OC. The number of methoxy groups -OCH3 is 1. The van der Waals surface area contributed by atoms with Gasteiger partial charge in [0.15, 0.2) is 0 Å². The van der Waals surface area contributed by atoms with Crippen molar-refractivity contribution in [2.45, 2.75) is 52.2 Å². The molecule has 0 bridgehead atoms. The molecule has 0 amide bonds. The molecule has 0 spiro atoms. The Morgan fingerprint density at radius 1 is 1.36 bits per heavy atom. The molecule has 0 aliphatic carbocycles. The molecule has 0 aromatic rings. The average molecular weight is 199 g/mol. The van der Waals surface area contributed by atoms with E-state index < -0.39 is 0 Å². The maximum atomic E-state index is 5.58. The Labute approximate surface area is 88.6 Å². The lowest BCUT2D eigenvalue weighted by atomic mass is 9.89. The first-order valence-corrected chi connectivity index (χ1v) is 5.77. The number of likely N-dealkylation sites (tertiary alicyclic amines) is 1. The summed E-state index contributed by atoms with van der Waals surface area (Å²) in [5, 5.41) is 0. The molecule has 1 saturated heterocycles. The lowest BCUT2D eigenvalue weighted by Crippen LogP contribution is -2.52. The summed E-state index contributed by atoms with van der Waals surface area (Å²) in [7, 11) is 1.85. The minimum atomic E-state index is 0.287. The molecule has 2 nitrogen and oxygen atoms in total. The summed E-state index contributed by atoms with van der Waals surface area (Å²) in [4.78, 5) is 2.54. The van der Waals surface area contributed by atoms with E-state index in [9.17, 15) is 0 Å². The maximum Gasteiger partial charge on any atom is 0.0726 e. The molecule has 2 unspecified atom stereocenters. The van der Waals surface area contributed by atoms with Gasteiger partial charge in [-0.15, -0.1) is 0 Å². The highest BCUT2D eigenvalue weighted by molar-refractivity contribution is 4.86. The molecule has 1 rings (SSSR count). The Bertz CT molecular complexity index is 174. The maximum absolute atomic E-state index is 5.58. The van der Waals surface area contributed by atoms with Crippen molar-refractivity contribution < 1.29 is 4.74 Å². The first-order chi connectivity index (χ1) is 6.49. The molecule has 0 radical (unpaired) electrons. The van der Waals surface area contributed by atoms with Crippen LogP contribution < -0.4 is 0 Å². The zero-order chi connectivity index (χ0) is 10.8. The molecule has 0 aromatic carbocycles. The third-order valence-electron chi connectivity index (χ3n) is 3.47. The summed E-state index contributed by atoms with van der Waals surface area (Å²) in [6.07, 6.45) is 2.97. The number of piperidine rings is 1. The van der Waals surface area contributed by atoms with Crippen LogP contribution in [0.4, 0.5) is 0 Å². The van der Waals surface area contributed by atoms with E-state index in [2.05, 4.69) is 32.6 Å². The van der Waals surface area contributed by atoms with Crippen LogP contribution in [0, 0.1) is 5.92 Å². The minimum absolute atomic E-state index is 0.287. The Kier molecular flexibility index (Phi) is 3.96.